The molecule has 4 atom stereocenters. The highest BCUT2D eigenvalue weighted by atomic mass is 28.4. The van der Waals surface area contributed by atoms with Crippen molar-refractivity contribution in [3.63, 3.8) is 0 Å². The summed E-state index contributed by atoms with van der Waals surface area (Å²) >= 11 is 0. The third kappa shape index (κ3) is 3.82. The first-order valence-electron chi connectivity index (χ1n) is 10.9. The lowest BCUT2D eigenvalue weighted by Gasteiger charge is -2.51. The van der Waals surface area contributed by atoms with E-state index in [0.717, 1.165) is 4.90 Å². The first-order valence-corrected chi connectivity index (χ1v) is 16.7. The summed E-state index contributed by atoms with van der Waals surface area (Å²) in [7, 11) is -5.11. The standard InChI is InChI=1S/C21H41F2NO4Si2/c1-14-12-13-24-17(25)15(27-29(8,9)18(2,3)4)16(21(24,26)20(14,22)23)28-30(10,11)19(5,6)7/h14-16,26H,12-13H2,1-11H3/t14-,15-,16-,21-/m1/s1. The number of amides is 1. The van der Waals surface area contributed by atoms with Crippen LogP contribution in [0.2, 0.25) is 36.3 Å². The highest BCUT2D eigenvalue weighted by Crippen LogP contribution is 2.53. The monoisotopic (exact) mass is 465 g/mol. The number of hydrogen-bond donors (Lipinski definition) is 1. The summed E-state index contributed by atoms with van der Waals surface area (Å²) in [5.74, 6) is -5.15. The predicted molar refractivity (Wildman–Crippen MR) is 120 cm³/mol. The van der Waals surface area contributed by atoms with Crippen molar-refractivity contribution in [1.29, 1.82) is 0 Å². The van der Waals surface area contributed by atoms with Crippen LogP contribution in [-0.4, -0.2) is 62.9 Å². The van der Waals surface area contributed by atoms with E-state index in [4.69, 9.17) is 8.85 Å². The second-order valence-electron chi connectivity index (χ2n) is 12.1. The Morgan fingerprint density at radius 1 is 1.00 bits per heavy atom. The van der Waals surface area contributed by atoms with E-state index >= 15 is 8.78 Å². The van der Waals surface area contributed by atoms with E-state index in [0.29, 0.717) is 0 Å². The second-order valence-corrected chi connectivity index (χ2v) is 21.6. The van der Waals surface area contributed by atoms with Crippen LogP contribution in [0.15, 0.2) is 0 Å². The third-order valence-corrected chi connectivity index (χ3v) is 16.9. The summed E-state index contributed by atoms with van der Waals surface area (Å²) < 4.78 is 43.8. The fourth-order valence-electron chi connectivity index (χ4n) is 3.58. The maximum Gasteiger partial charge on any atom is 0.300 e. The van der Waals surface area contributed by atoms with Crippen LogP contribution in [0.25, 0.3) is 0 Å². The summed E-state index contributed by atoms with van der Waals surface area (Å²) in [4.78, 5) is 14.3. The average Bonchev–Trinajstić information content (AvgIpc) is 2.72. The van der Waals surface area contributed by atoms with Crippen molar-refractivity contribution in [2.24, 2.45) is 5.92 Å². The molecule has 1 N–H and O–H groups in total. The Labute approximate surface area is 182 Å². The average molecular weight is 466 g/mol. The lowest BCUT2D eigenvalue weighted by Crippen LogP contribution is -2.70. The van der Waals surface area contributed by atoms with Gasteiger partial charge in [0.1, 0.15) is 6.10 Å². The maximum absolute atomic E-state index is 15.5. The van der Waals surface area contributed by atoms with Crippen molar-refractivity contribution >= 4 is 22.5 Å². The first kappa shape index (κ1) is 25.9. The second kappa shape index (κ2) is 7.33. The van der Waals surface area contributed by atoms with Crippen LogP contribution < -0.4 is 0 Å². The van der Waals surface area contributed by atoms with Crippen molar-refractivity contribution in [3.8, 4) is 0 Å². The normalized spacial score (nSPS) is 33.1. The Bertz CT molecular complexity index is 687. The van der Waals surface area contributed by atoms with Crippen molar-refractivity contribution in [3.05, 3.63) is 0 Å². The molecule has 176 valence electrons. The largest absolute Gasteiger partial charge is 0.406 e. The van der Waals surface area contributed by atoms with Gasteiger partial charge in [0, 0.05) is 12.5 Å². The molecule has 0 saturated carbocycles. The highest BCUT2D eigenvalue weighted by molar-refractivity contribution is 6.74. The van der Waals surface area contributed by atoms with E-state index in [1.54, 1.807) is 0 Å². The molecule has 0 spiro atoms. The van der Waals surface area contributed by atoms with E-state index in [-0.39, 0.29) is 23.0 Å². The predicted octanol–water partition coefficient (Wildman–Crippen LogP) is 4.97. The van der Waals surface area contributed by atoms with Crippen LogP contribution in [0.5, 0.6) is 0 Å². The van der Waals surface area contributed by atoms with Gasteiger partial charge >= 0.3 is 0 Å². The van der Waals surface area contributed by atoms with Crippen LogP contribution in [0.1, 0.15) is 54.9 Å². The first-order chi connectivity index (χ1) is 13.1. The van der Waals surface area contributed by atoms with E-state index < -0.39 is 52.3 Å². The smallest absolute Gasteiger partial charge is 0.300 e. The minimum absolute atomic E-state index is 0.0703. The van der Waals surface area contributed by atoms with Gasteiger partial charge in [0.15, 0.2) is 22.7 Å². The number of alkyl halides is 2. The van der Waals surface area contributed by atoms with Crippen LogP contribution in [-0.2, 0) is 13.6 Å². The molecule has 0 aromatic carbocycles. The molecule has 30 heavy (non-hydrogen) atoms. The number of carbonyl (C=O) groups is 1. The Morgan fingerprint density at radius 2 is 1.43 bits per heavy atom. The van der Waals surface area contributed by atoms with Crippen LogP contribution in [0.3, 0.4) is 0 Å². The van der Waals surface area contributed by atoms with E-state index in [1.165, 1.54) is 6.92 Å². The summed E-state index contributed by atoms with van der Waals surface area (Å²) in [6.07, 6.45) is -2.54. The number of rotatable bonds is 4. The number of hydrogen-bond acceptors (Lipinski definition) is 4. The fourth-order valence-corrected chi connectivity index (χ4v) is 6.07. The van der Waals surface area contributed by atoms with E-state index in [9.17, 15) is 9.90 Å². The Morgan fingerprint density at radius 3 is 1.87 bits per heavy atom. The van der Waals surface area contributed by atoms with Gasteiger partial charge < -0.3 is 18.9 Å². The van der Waals surface area contributed by atoms with Crippen LogP contribution in [0.4, 0.5) is 8.78 Å². The van der Waals surface area contributed by atoms with Crippen molar-refractivity contribution < 1.29 is 27.5 Å². The van der Waals surface area contributed by atoms with Crippen LogP contribution in [0, 0.1) is 5.92 Å². The SMILES string of the molecule is C[C@@H]1CCN2C(=O)[C@H](O[Si](C)(C)C(C)(C)C)[C@@H](O[Si](C)(C)C(C)(C)C)[C@@]2(O)C1(F)F. The third-order valence-electron chi connectivity index (χ3n) is 7.94. The van der Waals surface area contributed by atoms with Gasteiger partial charge in [-0.05, 0) is 42.7 Å². The molecule has 0 unspecified atom stereocenters. The van der Waals surface area contributed by atoms with Gasteiger partial charge in [0.05, 0.1) is 0 Å². The number of piperidine rings is 1. The van der Waals surface area contributed by atoms with Crippen molar-refractivity contribution in [2.75, 3.05) is 6.54 Å². The molecule has 2 aliphatic heterocycles. The number of nitrogens with zero attached hydrogens (tertiary/aromatic N) is 1. The topological polar surface area (TPSA) is 59.0 Å². The lowest BCUT2D eigenvalue weighted by atomic mass is 9.84. The van der Waals surface area contributed by atoms with Gasteiger partial charge in [-0.3, -0.25) is 4.79 Å². The van der Waals surface area contributed by atoms with Crippen molar-refractivity contribution in [1.82, 2.24) is 4.90 Å². The molecule has 0 aliphatic carbocycles. The zero-order chi connectivity index (χ0) is 23.7. The molecule has 0 bridgehead atoms. The highest BCUT2D eigenvalue weighted by Gasteiger charge is 2.75. The molecular formula is C21H41F2NO4Si2. The molecule has 5 nitrogen and oxygen atoms in total. The molecule has 1 amide bonds. The molecule has 2 rings (SSSR count). The Kier molecular flexibility index (Phi) is 6.33. The van der Waals surface area contributed by atoms with E-state index in [2.05, 4.69) is 0 Å². The maximum atomic E-state index is 15.5. The molecule has 9 heteroatoms. The Balaban J connectivity index is 2.62. The van der Waals surface area contributed by atoms with Gasteiger partial charge in [0.2, 0.25) is 5.72 Å². The van der Waals surface area contributed by atoms with Crippen LogP contribution >= 0.6 is 0 Å². The molecule has 0 aromatic heterocycles. The lowest BCUT2D eigenvalue weighted by molar-refractivity contribution is -0.305. The molecule has 0 radical (unpaired) electrons. The van der Waals surface area contributed by atoms with Gasteiger partial charge in [-0.15, -0.1) is 0 Å². The molecule has 2 aliphatic rings. The van der Waals surface area contributed by atoms with Gasteiger partial charge in [0.25, 0.3) is 11.8 Å². The zero-order valence-corrected chi connectivity index (χ0v) is 22.5. The minimum Gasteiger partial charge on any atom is -0.406 e. The number of aliphatic hydroxyl groups is 1. The zero-order valence-electron chi connectivity index (χ0n) is 20.5. The summed E-state index contributed by atoms with van der Waals surface area (Å²) in [5, 5.41) is 11.0. The van der Waals surface area contributed by atoms with Gasteiger partial charge in [-0.25, -0.2) is 8.78 Å². The Hall–Kier alpha value is -0.356. The van der Waals surface area contributed by atoms with Crippen molar-refractivity contribution in [2.45, 2.75) is 115 Å². The summed E-state index contributed by atoms with van der Waals surface area (Å²) in [6, 6.07) is 0. The minimum atomic E-state index is -3.50. The van der Waals surface area contributed by atoms with Gasteiger partial charge in [-0.1, -0.05) is 48.5 Å². The number of halogens is 2. The molecular weight excluding hydrogens is 424 g/mol. The summed E-state index contributed by atoms with van der Waals surface area (Å²) in [6.45, 7) is 21.4. The molecule has 2 saturated heterocycles. The molecule has 2 heterocycles. The fraction of sp³-hybridized carbons (Fsp3) is 0.952. The number of carbonyl (C=O) groups excluding carboxylic acids is 1. The molecule has 0 aromatic rings. The number of fused-ring (bicyclic) bond motifs is 1. The molecule has 2 fully saturated rings. The quantitative estimate of drug-likeness (QED) is 0.595. The summed E-state index contributed by atoms with van der Waals surface area (Å²) in [5.41, 5.74) is -2.70. The van der Waals surface area contributed by atoms with E-state index in [1.807, 2.05) is 67.7 Å². The van der Waals surface area contributed by atoms with Gasteiger partial charge in [-0.2, -0.15) is 0 Å².